The molecule has 4 heterocycles. The molecule has 4 aromatic rings. The lowest BCUT2D eigenvalue weighted by molar-refractivity contribution is 0.102. The normalized spacial score (nSPS) is 18.2. The summed E-state index contributed by atoms with van der Waals surface area (Å²) in [4.78, 5) is 24.8. The molecule has 2 N–H and O–H groups in total. The van der Waals surface area contributed by atoms with Gasteiger partial charge in [0, 0.05) is 49.6 Å². The molecule has 1 aliphatic carbocycles. The second-order valence-corrected chi connectivity index (χ2v) is 9.23. The van der Waals surface area contributed by atoms with Crippen molar-refractivity contribution in [2.75, 3.05) is 30.4 Å². The van der Waals surface area contributed by atoms with Crippen molar-refractivity contribution >= 4 is 34.0 Å². The highest BCUT2D eigenvalue weighted by Gasteiger charge is 2.27. The van der Waals surface area contributed by atoms with Crippen LogP contribution in [0.1, 0.15) is 35.3 Å². The Morgan fingerprint density at radius 3 is 2.76 bits per heavy atom. The lowest BCUT2D eigenvalue weighted by Crippen LogP contribution is -2.29. The van der Waals surface area contributed by atoms with Gasteiger partial charge in [-0.1, -0.05) is 0 Å². The fourth-order valence-electron chi connectivity index (χ4n) is 4.64. The van der Waals surface area contributed by atoms with Gasteiger partial charge in [0.15, 0.2) is 5.82 Å². The first kappa shape index (κ1) is 20.9. The first-order chi connectivity index (χ1) is 16.5. The first-order valence-corrected chi connectivity index (χ1v) is 11.7. The molecule has 0 radical (unpaired) electrons. The first-order valence-electron chi connectivity index (χ1n) is 11.7. The number of imidazole rings is 1. The predicted molar refractivity (Wildman–Crippen MR) is 130 cm³/mol. The summed E-state index contributed by atoms with van der Waals surface area (Å²) < 4.78 is 9.58. The monoisotopic (exact) mass is 460 g/mol. The molecular formula is C24H28N8O2. The van der Waals surface area contributed by atoms with E-state index < -0.39 is 0 Å². The van der Waals surface area contributed by atoms with Gasteiger partial charge in [-0.3, -0.25) is 13.9 Å². The Hall–Kier alpha value is -3.66. The van der Waals surface area contributed by atoms with Crippen LogP contribution in [0.15, 0.2) is 30.7 Å². The van der Waals surface area contributed by atoms with E-state index in [1.807, 2.05) is 49.9 Å². The minimum Gasteiger partial charge on any atom is -0.472 e. The Labute approximate surface area is 196 Å². The van der Waals surface area contributed by atoms with Crippen molar-refractivity contribution < 1.29 is 9.53 Å². The molecule has 1 aliphatic heterocycles. The van der Waals surface area contributed by atoms with Crippen molar-refractivity contribution in [3.8, 4) is 5.88 Å². The van der Waals surface area contributed by atoms with Gasteiger partial charge in [-0.05, 0) is 45.4 Å². The Kier molecular flexibility index (Phi) is 4.91. The minimum absolute atomic E-state index is 0.174. The van der Waals surface area contributed by atoms with E-state index in [1.54, 1.807) is 10.9 Å². The number of amides is 1. The van der Waals surface area contributed by atoms with Crippen molar-refractivity contribution in [2.45, 2.75) is 38.3 Å². The summed E-state index contributed by atoms with van der Waals surface area (Å²) in [6, 6.07) is 4.34. The highest BCUT2D eigenvalue weighted by molar-refractivity contribution is 6.13. The number of carbonyl (C=O) groups is 1. The van der Waals surface area contributed by atoms with Crippen LogP contribution in [0.3, 0.4) is 0 Å². The van der Waals surface area contributed by atoms with Gasteiger partial charge in [0.1, 0.15) is 11.6 Å². The summed E-state index contributed by atoms with van der Waals surface area (Å²) in [5.74, 6) is 0.598. The molecule has 1 amide bonds. The molecule has 1 unspecified atom stereocenters. The maximum atomic E-state index is 13.4. The molecule has 10 nitrogen and oxygen atoms in total. The Balaban J connectivity index is 1.33. The van der Waals surface area contributed by atoms with Crippen molar-refractivity contribution in [3.63, 3.8) is 0 Å². The van der Waals surface area contributed by atoms with Gasteiger partial charge in [0.2, 0.25) is 5.65 Å². The zero-order valence-electron chi connectivity index (χ0n) is 19.6. The van der Waals surface area contributed by atoms with E-state index in [0.29, 0.717) is 34.5 Å². The quantitative estimate of drug-likeness (QED) is 0.456. The number of nitrogens with one attached hydrogen (secondary N) is 2. The molecule has 2 aliphatic rings. The summed E-state index contributed by atoms with van der Waals surface area (Å²) in [6.07, 6.45) is 8.93. The summed E-state index contributed by atoms with van der Waals surface area (Å²) in [6.45, 7) is 3.83. The number of rotatable bonds is 6. The number of benzene rings is 1. The van der Waals surface area contributed by atoms with E-state index in [-0.39, 0.29) is 12.0 Å². The average molecular weight is 461 g/mol. The van der Waals surface area contributed by atoms with Crippen molar-refractivity contribution in [2.24, 2.45) is 7.05 Å². The van der Waals surface area contributed by atoms with Gasteiger partial charge in [-0.15, -0.1) is 0 Å². The molecular weight excluding hydrogens is 432 g/mol. The molecule has 2 fully saturated rings. The second-order valence-electron chi connectivity index (χ2n) is 9.23. The third-order valence-electron chi connectivity index (χ3n) is 6.52. The average Bonchev–Trinajstić information content (AvgIpc) is 3.18. The number of ether oxygens (including phenoxy) is 1. The van der Waals surface area contributed by atoms with Crippen LogP contribution in [0.25, 0.3) is 16.6 Å². The van der Waals surface area contributed by atoms with E-state index in [2.05, 4.69) is 30.6 Å². The van der Waals surface area contributed by atoms with Crippen LogP contribution in [0.5, 0.6) is 5.88 Å². The zero-order valence-corrected chi connectivity index (χ0v) is 19.6. The molecule has 176 valence electrons. The number of hydrogen-bond acceptors (Lipinski definition) is 7. The summed E-state index contributed by atoms with van der Waals surface area (Å²) in [5.41, 5.74) is 3.81. The molecule has 1 aromatic carbocycles. The van der Waals surface area contributed by atoms with E-state index in [0.717, 1.165) is 49.1 Å². The molecule has 0 spiro atoms. The molecule has 3 aromatic heterocycles. The highest BCUT2D eigenvalue weighted by atomic mass is 16.5. The lowest BCUT2D eigenvalue weighted by Gasteiger charge is -2.20. The summed E-state index contributed by atoms with van der Waals surface area (Å²) >= 11 is 0. The smallest absolute Gasteiger partial charge is 0.260 e. The van der Waals surface area contributed by atoms with Crippen molar-refractivity contribution in [3.05, 3.63) is 42.0 Å². The molecule has 6 rings (SSSR count). The molecule has 1 atom stereocenters. The molecule has 0 bridgehead atoms. The summed E-state index contributed by atoms with van der Waals surface area (Å²) in [7, 11) is 3.88. The molecule has 1 saturated heterocycles. The maximum Gasteiger partial charge on any atom is 0.260 e. The molecule has 34 heavy (non-hydrogen) atoms. The van der Waals surface area contributed by atoms with Crippen molar-refractivity contribution in [1.29, 1.82) is 0 Å². The Bertz CT molecular complexity index is 1400. The van der Waals surface area contributed by atoms with Crippen molar-refractivity contribution in [1.82, 2.24) is 29.5 Å². The fraction of sp³-hybridized carbons (Fsp3) is 0.417. The third-order valence-corrected chi connectivity index (χ3v) is 6.52. The fourth-order valence-corrected chi connectivity index (χ4v) is 4.64. The van der Waals surface area contributed by atoms with Gasteiger partial charge in [0.25, 0.3) is 11.8 Å². The molecule has 1 saturated carbocycles. The number of aromatic nitrogens is 5. The zero-order chi connectivity index (χ0) is 23.4. The largest absolute Gasteiger partial charge is 0.472 e. The lowest BCUT2D eigenvalue weighted by atomic mass is 10.1. The van der Waals surface area contributed by atoms with E-state index in [1.165, 1.54) is 0 Å². The number of anilines is 2. The standard InChI is InChI=1S/C24H28N8O2/c1-14-10-32-13-20(28-24(22(32)26-14)34-16-4-5-16)27-23(33)17-6-7-19(18-12-30(3)29-21(17)18)31-9-8-15(11-31)25-2/h6-7,10,12-13,15-16,25H,4-5,8-9,11H2,1-3H3,(H,27,33). The number of carbonyl (C=O) groups excluding carboxylic acids is 1. The second kappa shape index (κ2) is 7.98. The van der Waals surface area contributed by atoms with E-state index in [9.17, 15) is 4.79 Å². The highest BCUT2D eigenvalue weighted by Crippen LogP contribution is 2.32. The van der Waals surface area contributed by atoms with Gasteiger partial charge in [0.05, 0.1) is 17.5 Å². The van der Waals surface area contributed by atoms with Crippen LogP contribution in [0.2, 0.25) is 0 Å². The van der Waals surface area contributed by atoms with Crippen LogP contribution in [0, 0.1) is 6.92 Å². The van der Waals surface area contributed by atoms with Gasteiger partial charge in [-0.25, -0.2) is 4.98 Å². The number of nitrogens with zero attached hydrogens (tertiary/aromatic N) is 6. The van der Waals surface area contributed by atoms with Gasteiger partial charge in [-0.2, -0.15) is 10.1 Å². The number of fused-ring (bicyclic) bond motifs is 2. The van der Waals surface area contributed by atoms with Crippen LogP contribution >= 0.6 is 0 Å². The Morgan fingerprint density at radius 1 is 1.15 bits per heavy atom. The number of hydrogen-bond donors (Lipinski definition) is 2. The topological polar surface area (TPSA) is 102 Å². The molecule has 10 heteroatoms. The van der Waals surface area contributed by atoms with Gasteiger partial charge < -0.3 is 20.3 Å². The number of likely N-dealkylation sites (N-methyl/N-ethyl adjacent to an activating group) is 1. The van der Waals surface area contributed by atoms with Gasteiger partial charge >= 0.3 is 0 Å². The SMILES string of the molecule is CNC1CCN(c2ccc(C(=O)Nc3cn4cc(C)nc4c(OC4CC4)n3)c3nn(C)cc23)C1. The third kappa shape index (κ3) is 3.73. The maximum absolute atomic E-state index is 13.4. The van der Waals surface area contributed by atoms with Crippen LogP contribution in [0.4, 0.5) is 11.5 Å². The van der Waals surface area contributed by atoms with Crippen LogP contribution in [-0.4, -0.2) is 62.3 Å². The predicted octanol–water partition coefficient (Wildman–Crippen LogP) is 2.52. The minimum atomic E-state index is -0.258. The Morgan fingerprint density at radius 2 is 2.00 bits per heavy atom. The van der Waals surface area contributed by atoms with Crippen LogP contribution in [-0.2, 0) is 7.05 Å². The number of aryl methyl sites for hydroxylation is 2. The van der Waals surface area contributed by atoms with E-state index in [4.69, 9.17) is 4.74 Å². The van der Waals surface area contributed by atoms with Crippen LogP contribution < -0.4 is 20.3 Å². The summed E-state index contributed by atoms with van der Waals surface area (Å²) in [5, 5.41) is 11.9. The van der Waals surface area contributed by atoms with E-state index >= 15 is 0 Å².